The number of oxazole rings is 1. The van der Waals surface area contributed by atoms with E-state index in [2.05, 4.69) is 10.3 Å². The van der Waals surface area contributed by atoms with Gasteiger partial charge in [0.15, 0.2) is 23.7 Å². The van der Waals surface area contributed by atoms with Crippen LogP contribution in [0.1, 0.15) is 5.56 Å². The molecule has 2 N–H and O–H groups in total. The van der Waals surface area contributed by atoms with Gasteiger partial charge in [0, 0.05) is 5.69 Å². The number of H-pyrrole nitrogens is 1. The Morgan fingerprint density at radius 2 is 2.04 bits per heavy atom. The summed E-state index contributed by atoms with van der Waals surface area (Å²) < 4.78 is 15.6. The van der Waals surface area contributed by atoms with Crippen molar-refractivity contribution in [3.05, 3.63) is 52.5 Å². The first-order valence-corrected chi connectivity index (χ1v) is 7.25. The van der Waals surface area contributed by atoms with Crippen molar-refractivity contribution in [1.82, 2.24) is 4.98 Å². The second-order valence-corrected chi connectivity index (χ2v) is 5.22. The molecule has 2 aromatic carbocycles. The van der Waals surface area contributed by atoms with Crippen LogP contribution in [0.25, 0.3) is 11.1 Å². The summed E-state index contributed by atoms with van der Waals surface area (Å²) in [6, 6.07) is 10.3. The van der Waals surface area contributed by atoms with Crippen LogP contribution in [0.3, 0.4) is 0 Å². The van der Waals surface area contributed by atoms with E-state index in [4.69, 9.17) is 13.9 Å². The fourth-order valence-electron chi connectivity index (χ4n) is 2.26. The zero-order chi connectivity index (χ0) is 17.1. The van der Waals surface area contributed by atoms with Crippen molar-refractivity contribution >= 4 is 22.7 Å². The van der Waals surface area contributed by atoms with Crippen molar-refractivity contribution in [2.24, 2.45) is 0 Å². The largest absolute Gasteiger partial charge is 0.493 e. The van der Waals surface area contributed by atoms with Gasteiger partial charge in [-0.2, -0.15) is 0 Å². The van der Waals surface area contributed by atoms with E-state index >= 15 is 0 Å². The summed E-state index contributed by atoms with van der Waals surface area (Å²) >= 11 is 0. The molecule has 0 aliphatic carbocycles. The van der Waals surface area contributed by atoms with E-state index in [0.717, 1.165) is 5.56 Å². The van der Waals surface area contributed by atoms with Crippen LogP contribution in [-0.2, 0) is 4.79 Å². The molecule has 0 saturated carbocycles. The summed E-state index contributed by atoms with van der Waals surface area (Å²) in [5.74, 6) is 0.194. The van der Waals surface area contributed by atoms with Crippen molar-refractivity contribution in [3.63, 3.8) is 0 Å². The smallest absolute Gasteiger partial charge is 0.417 e. The number of carbonyl (C=O) groups is 1. The zero-order valence-electron chi connectivity index (χ0n) is 13.2. The van der Waals surface area contributed by atoms with E-state index in [9.17, 15) is 9.59 Å². The first-order chi connectivity index (χ1) is 11.5. The van der Waals surface area contributed by atoms with Crippen LogP contribution in [-0.4, -0.2) is 24.6 Å². The van der Waals surface area contributed by atoms with Crippen LogP contribution in [0.5, 0.6) is 11.5 Å². The lowest BCUT2D eigenvalue weighted by Crippen LogP contribution is -2.20. The quantitative estimate of drug-likeness (QED) is 0.750. The Hall–Kier alpha value is -3.22. The number of ether oxygens (including phenoxy) is 2. The molecule has 3 aromatic rings. The average Bonchev–Trinajstić information content (AvgIpc) is 2.92. The predicted octanol–water partition coefficient (Wildman–Crippen LogP) is 2.46. The minimum absolute atomic E-state index is 0.167. The molecule has 7 heteroatoms. The summed E-state index contributed by atoms with van der Waals surface area (Å²) in [5.41, 5.74) is 2.51. The zero-order valence-corrected chi connectivity index (χ0v) is 13.2. The van der Waals surface area contributed by atoms with E-state index < -0.39 is 5.76 Å². The van der Waals surface area contributed by atoms with Gasteiger partial charge in [0.05, 0.1) is 12.6 Å². The molecule has 0 spiro atoms. The number of amides is 1. The van der Waals surface area contributed by atoms with Gasteiger partial charge in [-0.1, -0.05) is 6.07 Å². The number of aromatic amines is 1. The number of aryl methyl sites for hydroxylation is 1. The number of benzene rings is 2. The van der Waals surface area contributed by atoms with Gasteiger partial charge >= 0.3 is 5.76 Å². The summed E-state index contributed by atoms with van der Waals surface area (Å²) in [7, 11) is 1.54. The molecule has 0 bridgehead atoms. The highest BCUT2D eigenvalue weighted by atomic mass is 16.5. The molecule has 3 rings (SSSR count). The molecule has 0 aliphatic heterocycles. The van der Waals surface area contributed by atoms with E-state index in [1.54, 1.807) is 31.4 Å². The van der Waals surface area contributed by atoms with Gasteiger partial charge in [-0.15, -0.1) is 0 Å². The van der Waals surface area contributed by atoms with Crippen molar-refractivity contribution in [1.29, 1.82) is 0 Å². The number of anilines is 1. The number of fused-ring (bicyclic) bond motifs is 1. The Morgan fingerprint density at radius 3 is 2.83 bits per heavy atom. The van der Waals surface area contributed by atoms with Gasteiger partial charge < -0.3 is 19.2 Å². The molecular weight excluding hydrogens is 312 g/mol. The average molecular weight is 328 g/mol. The normalized spacial score (nSPS) is 10.6. The van der Waals surface area contributed by atoms with Crippen molar-refractivity contribution in [3.8, 4) is 11.5 Å². The molecule has 0 atom stereocenters. The molecular formula is C17H16N2O5. The Morgan fingerprint density at radius 1 is 1.21 bits per heavy atom. The minimum atomic E-state index is -0.539. The standard InChI is InChI=1S/C17H16N2O5/c1-10-3-5-14(15(7-10)22-2)23-9-16(20)18-11-4-6-13-12(8-11)19-17(21)24-13/h3-8H,9H2,1-2H3,(H,18,20)(H,19,21). The summed E-state index contributed by atoms with van der Waals surface area (Å²) in [4.78, 5) is 25.7. The van der Waals surface area contributed by atoms with Crippen molar-refractivity contribution < 1.29 is 18.7 Å². The molecule has 7 nitrogen and oxygen atoms in total. The maximum Gasteiger partial charge on any atom is 0.417 e. The molecule has 24 heavy (non-hydrogen) atoms. The highest BCUT2D eigenvalue weighted by Crippen LogP contribution is 2.27. The lowest BCUT2D eigenvalue weighted by atomic mass is 10.2. The van der Waals surface area contributed by atoms with Gasteiger partial charge in [0.2, 0.25) is 0 Å². The molecule has 0 aliphatic rings. The number of methoxy groups -OCH3 is 1. The van der Waals surface area contributed by atoms with E-state index in [0.29, 0.717) is 28.3 Å². The predicted molar refractivity (Wildman–Crippen MR) is 88.7 cm³/mol. The molecule has 0 saturated heterocycles. The van der Waals surface area contributed by atoms with Crippen LogP contribution in [0.4, 0.5) is 5.69 Å². The second kappa shape index (κ2) is 6.49. The highest BCUT2D eigenvalue weighted by molar-refractivity contribution is 5.93. The third-order valence-electron chi connectivity index (χ3n) is 3.38. The maximum atomic E-state index is 12.0. The molecule has 1 heterocycles. The van der Waals surface area contributed by atoms with Crippen LogP contribution in [0.15, 0.2) is 45.6 Å². The Bertz CT molecular complexity index is 942. The molecule has 124 valence electrons. The molecule has 0 unspecified atom stereocenters. The summed E-state index contributed by atoms with van der Waals surface area (Å²) in [5, 5.41) is 2.69. The fourth-order valence-corrected chi connectivity index (χ4v) is 2.26. The lowest BCUT2D eigenvalue weighted by molar-refractivity contribution is -0.118. The number of hydrogen-bond donors (Lipinski definition) is 2. The number of hydrogen-bond acceptors (Lipinski definition) is 5. The number of carbonyl (C=O) groups excluding carboxylic acids is 1. The first-order valence-electron chi connectivity index (χ1n) is 7.25. The van der Waals surface area contributed by atoms with Gasteiger partial charge in [0.1, 0.15) is 0 Å². The minimum Gasteiger partial charge on any atom is -0.493 e. The van der Waals surface area contributed by atoms with Crippen LogP contribution in [0.2, 0.25) is 0 Å². The lowest BCUT2D eigenvalue weighted by Gasteiger charge is -2.11. The van der Waals surface area contributed by atoms with Crippen LogP contribution >= 0.6 is 0 Å². The van der Waals surface area contributed by atoms with Gasteiger partial charge in [-0.05, 0) is 42.8 Å². The number of aromatic nitrogens is 1. The third-order valence-corrected chi connectivity index (χ3v) is 3.38. The topological polar surface area (TPSA) is 93.6 Å². The Kier molecular flexibility index (Phi) is 4.24. The first kappa shape index (κ1) is 15.7. The second-order valence-electron chi connectivity index (χ2n) is 5.22. The molecule has 1 aromatic heterocycles. The summed E-state index contributed by atoms with van der Waals surface area (Å²) in [6.07, 6.45) is 0. The van der Waals surface area contributed by atoms with Crippen molar-refractivity contribution in [2.45, 2.75) is 6.92 Å². The van der Waals surface area contributed by atoms with Gasteiger partial charge in [0.25, 0.3) is 5.91 Å². The monoisotopic (exact) mass is 328 g/mol. The maximum absolute atomic E-state index is 12.0. The van der Waals surface area contributed by atoms with Crippen molar-refractivity contribution in [2.75, 3.05) is 19.0 Å². The van der Waals surface area contributed by atoms with Gasteiger partial charge in [-0.25, -0.2) is 4.79 Å². The Balaban J connectivity index is 1.65. The van der Waals surface area contributed by atoms with E-state index in [-0.39, 0.29) is 12.5 Å². The summed E-state index contributed by atoms with van der Waals surface area (Å²) in [6.45, 7) is 1.77. The molecule has 0 fully saturated rings. The molecule has 1 amide bonds. The number of nitrogens with one attached hydrogen (secondary N) is 2. The van der Waals surface area contributed by atoms with Gasteiger partial charge in [-0.3, -0.25) is 9.78 Å². The van der Waals surface area contributed by atoms with Crippen LogP contribution in [0, 0.1) is 6.92 Å². The molecule has 0 radical (unpaired) electrons. The fraction of sp³-hybridized carbons (Fsp3) is 0.176. The number of rotatable bonds is 5. The Labute approximate surface area is 137 Å². The van der Waals surface area contributed by atoms with E-state index in [1.165, 1.54) is 0 Å². The van der Waals surface area contributed by atoms with Crippen LogP contribution < -0.4 is 20.5 Å². The third kappa shape index (κ3) is 3.40. The highest BCUT2D eigenvalue weighted by Gasteiger charge is 2.09. The SMILES string of the molecule is COc1cc(C)ccc1OCC(=O)Nc1ccc2oc(=O)[nH]c2c1. The van der Waals surface area contributed by atoms with E-state index in [1.807, 2.05) is 19.1 Å².